The highest BCUT2D eigenvalue weighted by Gasteiger charge is 2.13. The minimum absolute atomic E-state index is 0.125. The Morgan fingerprint density at radius 2 is 1.96 bits per heavy atom. The molecule has 1 N–H and O–H groups in total. The third-order valence-electron chi connectivity index (χ3n) is 3.66. The Morgan fingerprint density at radius 1 is 1.17 bits per heavy atom. The molecule has 3 nitrogen and oxygen atoms in total. The number of amides is 1. The minimum Gasteiger partial charge on any atom is -0.360 e. The number of aromatic nitrogens is 1. The van der Waals surface area contributed by atoms with Crippen LogP contribution in [0.4, 0.5) is 0 Å². The van der Waals surface area contributed by atoms with Gasteiger partial charge in [-0.3, -0.25) is 4.79 Å². The van der Waals surface area contributed by atoms with Gasteiger partial charge in [-0.25, -0.2) is 0 Å². The van der Waals surface area contributed by atoms with Gasteiger partial charge in [0.1, 0.15) is 0 Å². The highest BCUT2D eigenvalue weighted by Crippen LogP contribution is 2.33. The van der Waals surface area contributed by atoms with Gasteiger partial charge in [0, 0.05) is 40.1 Å². The lowest BCUT2D eigenvalue weighted by atomic mass is 10.2. The van der Waals surface area contributed by atoms with E-state index in [0.717, 1.165) is 25.8 Å². The zero-order chi connectivity index (χ0) is 16.2. The zero-order valence-corrected chi connectivity index (χ0v) is 15.2. The molecular formula is C18H17BrN2OS. The van der Waals surface area contributed by atoms with Gasteiger partial charge in [-0.2, -0.15) is 0 Å². The van der Waals surface area contributed by atoms with Gasteiger partial charge in [-0.1, -0.05) is 52.3 Å². The first-order valence-corrected chi connectivity index (χ1v) is 9.09. The van der Waals surface area contributed by atoms with Crippen LogP contribution in [0.2, 0.25) is 0 Å². The SMILES string of the molecule is CN(Cc1ccccc1)C(=O)CSc1c[nH]c2cccc(Br)c12. The van der Waals surface area contributed by atoms with Crippen molar-refractivity contribution in [1.29, 1.82) is 0 Å². The average molecular weight is 389 g/mol. The van der Waals surface area contributed by atoms with Crippen LogP contribution < -0.4 is 0 Å². The molecule has 1 amide bonds. The molecule has 0 spiro atoms. The van der Waals surface area contributed by atoms with Gasteiger partial charge >= 0.3 is 0 Å². The van der Waals surface area contributed by atoms with E-state index in [4.69, 9.17) is 0 Å². The Hall–Kier alpha value is -1.72. The number of benzene rings is 2. The third-order valence-corrected chi connectivity index (χ3v) is 5.34. The van der Waals surface area contributed by atoms with Gasteiger partial charge in [-0.15, -0.1) is 11.8 Å². The number of halogens is 1. The predicted molar refractivity (Wildman–Crippen MR) is 99.6 cm³/mol. The summed E-state index contributed by atoms with van der Waals surface area (Å²) in [7, 11) is 1.85. The molecule has 2 aromatic carbocycles. The fourth-order valence-corrected chi connectivity index (χ4v) is 4.14. The largest absolute Gasteiger partial charge is 0.360 e. The van der Waals surface area contributed by atoms with Crippen LogP contribution in [0.3, 0.4) is 0 Å². The molecule has 118 valence electrons. The van der Waals surface area contributed by atoms with Crippen molar-refractivity contribution in [2.75, 3.05) is 12.8 Å². The summed E-state index contributed by atoms with van der Waals surface area (Å²) >= 11 is 5.14. The van der Waals surface area contributed by atoms with Crippen LogP contribution in [0.25, 0.3) is 10.9 Å². The summed E-state index contributed by atoms with van der Waals surface area (Å²) in [5.41, 5.74) is 2.22. The number of carbonyl (C=O) groups is 1. The third kappa shape index (κ3) is 3.79. The molecule has 0 aliphatic rings. The lowest BCUT2D eigenvalue weighted by Crippen LogP contribution is -2.27. The van der Waals surface area contributed by atoms with E-state index >= 15 is 0 Å². The summed E-state index contributed by atoms with van der Waals surface area (Å²) in [6, 6.07) is 16.1. The van der Waals surface area contributed by atoms with Gasteiger partial charge < -0.3 is 9.88 Å². The van der Waals surface area contributed by atoms with Crippen LogP contribution in [0.5, 0.6) is 0 Å². The Morgan fingerprint density at radius 3 is 2.74 bits per heavy atom. The zero-order valence-electron chi connectivity index (χ0n) is 12.8. The number of H-pyrrole nitrogens is 1. The number of hydrogen-bond acceptors (Lipinski definition) is 2. The molecule has 0 saturated heterocycles. The molecule has 0 aliphatic heterocycles. The summed E-state index contributed by atoms with van der Waals surface area (Å²) in [4.78, 5) is 18.5. The van der Waals surface area contributed by atoms with Gasteiger partial charge in [0.2, 0.25) is 5.91 Å². The standard InChI is InChI=1S/C18H17BrN2OS/c1-21(11-13-6-3-2-4-7-13)17(22)12-23-16-10-20-15-9-5-8-14(19)18(15)16/h2-10,20H,11-12H2,1H3. The highest BCUT2D eigenvalue weighted by atomic mass is 79.9. The average Bonchev–Trinajstić information content (AvgIpc) is 2.98. The number of thioether (sulfide) groups is 1. The smallest absolute Gasteiger partial charge is 0.232 e. The van der Waals surface area contributed by atoms with Crippen molar-refractivity contribution in [3.05, 3.63) is 64.8 Å². The molecule has 0 fully saturated rings. The summed E-state index contributed by atoms with van der Waals surface area (Å²) < 4.78 is 1.05. The maximum absolute atomic E-state index is 12.3. The van der Waals surface area contributed by atoms with Gasteiger partial charge in [0.15, 0.2) is 0 Å². The first-order valence-electron chi connectivity index (χ1n) is 7.31. The molecule has 3 rings (SSSR count). The van der Waals surface area contributed by atoms with E-state index in [2.05, 4.69) is 20.9 Å². The van der Waals surface area contributed by atoms with Crippen LogP contribution in [0.15, 0.2) is 64.1 Å². The normalized spacial score (nSPS) is 10.9. The van der Waals surface area contributed by atoms with Crippen molar-refractivity contribution < 1.29 is 4.79 Å². The Kier molecular flexibility index (Phi) is 5.08. The number of fused-ring (bicyclic) bond motifs is 1. The highest BCUT2D eigenvalue weighted by molar-refractivity contribution is 9.10. The van der Waals surface area contributed by atoms with E-state index in [1.807, 2.05) is 61.8 Å². The van der Waals surface area contributed by atoms with Crippen molar-refractivity contribution in [3.63, 3.8) is 0 Å². The molecule has 5 heteroatoms. The van der Waals surface area contributed by atoms with E-state index in [9.17, 15) is 4.79 Å². The second-order valence-electron chi connectivity index (χ2n) is 5.34. The Labute approximate surface area is 148 Å². The van der Waals surface area contributed by atoms with Crippen molar-refractivity contribution in [3.8, 4) is 0 Å². The molecule has 0 saturated carbocycles. The van der Waals surface area contributed by atoms with Crippen LogP contribution in [-0.4, -0.2) is 28.6 Å². The van der Waals surface area contributed by atoms with Gasteiger partial charge in [0.25, 0.3) is 0 Å². The predicted octanol–water partition coefficient (Wildman–Crippen LogP) is 4.68. The Balaban J connectivity index is 1.64. The molecule has 0 atom stereocenters. The maximum atomic E-state index is 12.3. The molecule has 1 aromatic heterocycles. The first-order chi connectivity index (χ1) is 11.1. The number of nitrogens with zero attached hydrogens (tertiary/aromatic N) is 1. The summed E-state index contributed by atoms with van der Waals surface area (Å²) in [5.74, 6) is 0.553. The fourth-order valence-electron chi connectivity index (χ4n) is 2.42. The van der Waals surface area contributed by atoms with Crippen molar-refractivity contribution >= 4 is 44.5 Å². The molecular weight excluding hydrogens is 372 g/mol. The molecule has 3 aromatic rings. The van der Waals surface area contributed by atoms with Gasteiger partial charge in [0.05, 0.1) is 5.75 Å². The number of carbonyl (C=O) groups excluding carboxylic acids is 1. The maximum Gasteiger partial charge on any atom is 0.232 e. The van der Waals surface area contributed by atoms with Crippen molar-refractivity contribution in [2.45, 2.75) is 11.4 Å². The number of hydrogen-bond donors (Lipinski definition) is 1. The summed E-state index contributed by atoms with van der Waals surface area (Å²) in [6.45, 7) is 0.637. The van der Waals surface area contributed by atoms with E-state index in [1.165, 1.54) is 0 Å². The van der Waals surface area contributed by atoms with E-state index in [1.54, 1.807) is 16.7 Å². The summed E-state index contributed by atoms with van der Waals surface area (Å²) in [6.07, 6.45) is 1.96. The molecule has 0 unspecified atom stereocenters. The van der Waals surface area contributed by atoms with Crippen LogP contribution in [0, 0.1) is 0 Å². The molecule has 0 radical (unpaired) electrons. The molecule has 1 heterocycles. The van der Waals surface area contributed by atoms with E-state index in [0.29, 0.717) is 12.3 Å². The van der Waals surface area contributed by atoms with Crippen LogP contribution >= 0.6 is 27.7 Å². The van der Waals surface area contributed by atoms with Crippen molar-refractivity contribution in [1.82, 2.24) is 9.88 Å². The van der Waals surface area contributed by atoms with Crippen LogP contribution in [0.1, 0.15) is 5.56 Å². The number of aromatic amines is 1. The number of rotatable bonds is 5. The summed E-state index contributed by atoms with van der Waals surface area (Å²) in [5, 5.41) is 1.14. The topological polar surface area (TPSA) is 36.1 Å². The lowest BCUT2D eigenvalue weighted by Gasteiger charge is -2.17. The lowest BCUT2D eigenvalue weighted by molar-refractivity contribution is -0.127. The minimum atomic E-state index is 0.125. The van der Waals surface area contributed by atoms with Crippen molar-refractivity contribution in [2.24, 2.45) is 0 Å². The van der Waals surface area contributed by atoms with Crippen LogP contribution in [-0.2, 0) is 11.3 Å². The molecule has 0 aliphatic carbocycles. The molecule has 0 bridgehead atoms. The van der Waals surface area contributed by atoms with Gasteiger partial charge in [-0.05, 0) is 17.7 Å². The van der Waals surface area contributed by atoms with E-state index in [-0.39, 0.29) is 5.91 Å². The second kappa shape index (κ2) is 7.23. The quantitative estimate of drug-likeness (QED) is 0.644. The second-order valence-corrected chi connectivity index (χ2v) is 7.21. The monoisotopic (exact) mass is 388 g/mol. The Bertz CT molecular complexity index is 816. The fraction of sp³-hybridized carbons (Fsp3) is 0.167. The van der Waals surface area contributed by atoms with E-state index < -0.39 is 0 Å². The first kappa shape index (κ1) is 16.1. The number of nitrogens with one attached hydrogen (secondary N) is 1. The molecule has 23 heavy (non-hydrogen) atoms.